The lowest BCUT2D eigenvalue weighted by Gasteiger charge is -2.21. The molecule has 1 aliphatic rings. The molecule has 3 rings (SSSR count). The van der Waals surface area contributed by atoms with Crippen LogP contribution in [0.1, 0.15) is 37.3 Å². The summed E-state index contributed by atoms with van der Waals surface area (Å²) in [6.45, 7) is 1.92. The first-order valence-corrected chi connectivity index (χ1v) is 10.0. The van der Waals surface area contributed by atoms with Crippen LogP contribution in [0, 0.1) is 5.92 Å². The molecule has 0 spiro atoms. The number of fused-ring (bicyclic) bond motifs is 1. The molecule has 2 atom stereocenters. The average Bonchev–Trinajstić information content (AvgIpc) is 2.85. The largest absolute Gasteiger partial charge is 0.369 e. The Morgan fingerprint density at radius 2 is 1.80 bits per heavy atom. The summed E-state index contributed by atoms with van der Waals surface area (Å²) in [5.41, 5.74) is 8.39. The summed E-state index contributed by atoms with van der Waals surface area (Å²) in [5.74, 6) is -1.87. The zero-order chi connectivity index (χ0) is 21.7. The van der Waals surface area contributed by atoms with Crippen LogP contribution < -0.4 is 16.0 Å². The molecule has 0 aromatic heterocycles. The van der Waals surface area contributed by atoms with E-state index < -0.39 is 23.9 Å². The molecule has 0 saturated heterocycles. The van der Waals surface area contributed by atoms with E-state index in [1.54, 1.807) is 7.05 Å². The van der Waals surface area contributed by atoms with Crippen LogP contribution >= 0.6 is 0 Å². The monoisotopic (exact) mass is 406 g/mol. The van der Waals surface area contributed by atoms with Crippen LogP contribution in [0.2, 0.25) is 0 Å². The summed E-state index contributed by atoms with van der Waals surface area (Å²) in [7, 11) is 1.66. The number of para-hydroxylation sites is 1. The highest BCUT2D eigenvalue weighted by atomic mass is 16.2. The van der Waals surface area contributed by atoms with Crippen LogP contribution in [0.25, 0.3) is 0 Å². The Morgan fingerprint density at radius 3 is 2.47 bits per heavy atom. The standard InChI is InChI=1S/C23H26N4O3/c1-3-9-16(21(24)29)14-19(28)25-22-23(30)27(2)18-13-8-7-12-17(18)20(26-22)15-10-5-4-6-11-15/h4-8,10-13,16,22H,3,9,14H2,1-2H3,(H2,24,29)(H,25,28)/t16-,22-/m0/s1. The van der Waals surface area contributed by atoms with E-state index in [-0.39, 0.29) is 12.3 Å². The van der Waals surface area contributed by atoms with Crippen LogP contribution in [0.3, 0.4) is 0 Å². The average molecular weight is 406 g/mol. The van der Waals surface area contributed by atoms with Crippen molar-refractivity contribution in [1.82, 2.24) is 5.32 Å². The first-order valence-electron chi connectivity index (χ1n) is 10.0. The van der Waals surface area contributed by atoms with E-state index >= 15 is 0 Å². The van der Waals surface area contributed by atoms with Gasteiger partial charge in [0.1, 0.15) is 0 Å². The second kappa shape index (κ2) is 9.35. The van der Waals surface area contributed by atoms with Gasteiger partial charge >= 0.3 is 0 Å². The Hall–Kier alpha value is -3.48. The van der Waals surface area contributed by atoms with E-state index in [1.165, 1.54) is 4.90 Å². The number of carbonyl (C=O) groups excluding carboxylic acids is 3. The molecule has 0 aliphatic carbocycles. The number of primary amides is 1. The van der Waals surface area contributed by atoms with Gasteiger partial charge in [-0.25, -0.2) is 4.99 Å². The number of amides is 3. The van der Waals surface area contributed by atoms with Crippen LogP contribution in [-0.2, 0) is 14.4 Å². The van der Waals surface area contributed by atoms with Crippen molar-refractivity contribution in [3.8, 4) is 0 Å². The van der Waals surface area contributed by atoms with Crippen molar-refractivity contribution in [3.05, 3.63) is 65.7 Å². The molecular weight excluding hydrogens is 380 g/mol. The molecule has 2 aromatic carbocycles. The summed E-state index contributed by atoms with van der Waals surface area (Å²) < 4.78 is 0. The number of aliphatic imine (C=N–C) groups is 1. The Labute approximate surface area is 176 Å². The van der Waals surface area contributed by atoms with E-state index in [0.29, 0.717) is 17.8 Å². The molecule has 2 aromatic rings. The summed E-state index contributed by atoms with van der Waals surface area (Å²) >= 11 is 0. The topological polar surface area (TPSA) is 105 Å². The third-order valence-electron chi connectivity index (χ3n) is 5.16. The van der Waals surface area contributed by atoms with Crippen LogP contribution in [0.4, 0.5) is 5.69 Å². The van der Waals surface area contributed by atoms with Gasteiger partial charge in [0.25, 0.3) is 5.91 Å². The number of nitrogens with zero attached hydrogens (tertiary/aromatic N) is 2. The molecule has 0 saturated carbocycles. The van der Waals surface area contributed by atoms with E-state index in [2.05, 4.69) is 10.3 Å². The quantitative estimate of drug-likeness (QED) is 0.737. The number of hydrogen-bond donors (Lipinski definition) is 2. The SMILES string of the molecule is CCC[C@@H](CC(=O)N[C@H]1N=C(c2ccccc2)c2ccccc2N(C)C1=O)C(N)=O. The number of carbonyl (C=O) groups is 3. The summed E-state index contributed by atoms with van der Waals surface area (Å²) in [6.07, 6.45) is 0.0862. The summed E-state index contributed by atoms with van der Waals surface area (Å²) in [6, 6.07) is 17.0. The number of likely N-dealkylation sites (N-methyl/N-ethyl adjacent to an activating group) is 1. The fourth-order valence-corrected chi connectivity index (χ4v) is 3.57. The zero-order valence-corrected chi connectivity index (χ0v) is 17.2. The van der Waals surface area contributed by atoms with Gasteiger partial charge in [-0.05, 0) is 12.5 Å². The van der Waals surface area contributed by atoms with Crippen molar-refractivity contribution in [3.63, 3.8) is 0 Å². The molecule has 7 nitrogen and oxygen atoms in total. The molecule has 0 unspecified atom stereocenters. The molecule has 0 fully saturated rings. The lowest BCUT2D eigenvalue weighted by molar-refractivity contribution is -0.130. The predicted molar refractivity (Wildman–Crippen MR) is 116 cm³/mol. The van der Waals surface area contributed by atoms with Gasteiger partial charge in [-0.1, -0.05) is 61.9 Å². The van der Waals surface area contributed by atoms with Crippen molar-refractivity contribution >= 4 is 29.1 Å². The minimum Gasteiger partial charge on any atom is -0.369 e. The third-order valence-corrected chi connectivity index (χ3v) is 5.16. The van der Waals surface area contributed by atoms with Gasteiger partial charge in [-0.2, -0.15) is 0 Å². The number of anilines is 1. The van der Waals surface area contributed by atoms with Gasteiger partial charge in [0.2, 0.25) is 18.0 Å². The molecule has 30 heavy (non-hydrogen) atoms. The van der Waals surface area contributed by atoms with Gasteiger partial charge in [-0.3, -0.25) is 14.4 Å². The highest BCUT2D eigenvalue weighted by molar-refractivity contribution is 6.20. The van der Waals surface area contributed by atoms with E-state index in [1.807, 2.05) is 61.5 Å². The van der Waals surface area contributed by atoms with Crippen LogP contribution in [-0.4, -0.2) is 36.6 Å². The van der Waals surface area contributed by atoms with Crippen molar-refractivity contribution in [2.75, 3.05) is 11.9 Å². The first-order chi connectivity index (χ1) is 14.4. The van der Waals surface area contributed by atoms with Crippen LogP contribution in [0.5, 0.6) is 0 Å². The number of nitrogens with two attached hydrogens (primary N) is 1. The Kier molecular flexibility index (Phi) is 6.61. The van der Waals surface area contributed by atoms with E-state index in [4.69, 9.17) is 5.73 Å². The van der Waals surface area contributed by atoms with Gasteiger partial charge in [-0.15, -0.1) is 0 Å². The molecule has 3 N–H and O–H groups in total. The number of nitrogens with one attached hydrogen (secondary N) is 1. The number of benzodiazepines with no additional fused rings is 1. The Morgan fingerprint density at radius 1 is 1.13 bits per heavy atom. The lowest BCUT2D eigenvalue weighted by atomic mass is 9.99. The smallest absolute Gasteiger partial charge is 0.272 e. The van der Waals surface area contributed by atoms with Crippen LogP contribution in [0.15, 0.2) is 59.6 Å². The molecule has 1 heterocycles. The van der Waals surface area contributed by atoms with E-state index in [0.717, 1.165) is 17.5 Å². The molecule has 7 heteroatoms. The Balaban J connectivity index is 1.95. The van der Waals surface area contributed by atoms with Gasteiger partial charge in [0.15, 0.2) is 0 Å². The number of hydrogen-bond acceptors (Lipinski definition) is 4. The minimum absolute atomic E-state index is 0.0696. The molecule has 0 bridgehead atoms. The number of rotatable bonds is 7. The van der Waals surface area contributed by atoms with Gasteiger partial charge < -0.3 is 16.0 Å². The highest BCUT2D eigenvalue weighted by Gasteiger charge is 2.31. The van der Waals surface area contributed by atoms with Gasteiger partial charge in [0, 0.05) is 30.5 Å². The molecule has 3 amide bonds. The minimum atomic E-state index is -1.10. The fourth-order valence-electron chi connectivity index (χ4n) is 3.57. The maximum Gasteiger partial charge on any atom is 0.272 e. The zero-order valence-electron chi connectivity index (χ0n) is 17.2. The first kappa shape index (κ1) is 21.2. The Bertz CT molecular complexity index is 971. The van der Waals surface area contributed by atoms with Gasteiger partial charge in [0.05, 0.1) is 11.4 Å². The molecule has 0 radical (unpaired) electrons. The van der Waals surface area contributed by atoms with Crippen molar-refractivity contribution in [2.24, 2.45) is 16.6 Å². The second-order valence-electron chi connectivity index (χ2n) is 7.32. The maximum atomic E-state index is 13.1. The molecular formula is C23H26N4O3. The second-order valence-corrected chi connectivity index (χ2v) is 7.32. The number of benzene rings is 2. The summed E-state index contributed by atoms with van der Waals surface area (Å²) in [4.78, 5) is 43.4. The van der Waals surface area contributed by atoms with Crippen molar-refractivity contribution in [2.45, 2.75) is 32.4 Å². The maximum absolute atomic E-state index is 13.1. The molecule has 1 aliphatic heterocycles. The normalized spacial score (nSPS) is 16.9. The predicted octanol–water partition coefficient (Wildman–Crippen LogP) is 2.23. The van der Waals surface area contributed by atoms with E-state index in [9.17, 15) is 14.4 Å². The molecule has 156 valence electrons. The third kappa shape index (κ3) is 4.56. The summed E-state index contributed by atoms with van der Waals surface area (Å²) in [5, 5.41) is 2.69. The highest BCUT2D eigenvalue weighted by Crippen LogP contribution is 2.27. The van der Waals surface area contributed by atoms with Crippen molar-refractivity contribution in [1.29, 1.82) is 0 Å². The lowest BCUT2D eigenvalue weighted by Crippen LogP contribution is -2.46. The van der Waals surface area contributed by atoms with Crippen molar-refractivity contribution < 1.29 is 14.4 Å². The fraction of sp³-hybridized carbons (Fsp3) is 0.304.